The second-order valence-electron chi connectivity index (χ2n) is 5.36. The summed E-state index contributed by atoms with van der Waals surface area (Å²) in [6.45, 7) is 0.417. The Morgan fingerprint density at radius 1 is 0.909 bits per heavy atom. The summed E-state index contributed by atoms with van der Waals surface area (Å²) in [6, 6.07) is 9.82. The van der Waals surface area contributed by atoms with Gasteiger partial charge in [-0.2, -0.15) is 0 Å². The zero-order valence-corrected chi connectivity index (χ0v) is 13.0. The summed E-state index contributed by atoms with van der Waals surface area (Å²) in [5.74, 6) is 0. The van der Waals surface area contributed by atoms with Gasteiger partial charge >= 0.3 is 0 Å². The van der Waals surface area contributed by atoms with E-state index in [0.29, 0.717) is 6.61 Å². The molecule has 0 saturated carbocycles. The summed E-state index contributed by atoms with van der Waals surface area (Å²) in [5, 5.41) is 0. The molecular formula is C16H22O6. The van der Waals surface area contributed by atoms with Gasteiger partial charge in [0, 0.05) is 26.9 Å². The van der Waals surface area contributed by atoms with Crippen molar-refractivity contribution >= 4 is 0 Å². The van der Waals surface area contributed by atoms with Crippen LogP contribution in [-0.2, 0) is 28.4 Å². The Morgan fingerprint density at radius 3 is 2.27 bits per heavy atom. The van der Waals surface area contributed by atoms with Gasteiger partial charge in [-0.25, -0.2) is 0 Å². The number of fused-ring (bicyclic) bond motifs is 1. The maximum atomic E-state index is 6.10. The Balaban J connectivity index is 1.79. The average Bonchev–Trinajstić information content (AvgIpc) is 2.60. The van der Waals surface area contributed by atoms with Crippen LogP contribution < -0.4 is 0 Å². The first-order valence-corrected chi connectivity index (χ1v) is 7.34. The topological polar surface area (TPSA) is 55.4 Å². The highest BCUT2D eigenvalue weighted by Crippen LogP contribution is 2.35. The molecule has 6 heteroatoms. The van der Waals surface area contributed by atoms with Crippen molar-refractivity contribution in [2.75, 3.05) is 27.9 Å². The summed E-state index contributed by atoms with van der Waals surface area (Å²) in [5.41, 5.74) is 0.971. The van der Waals surface area contributed by atoms with Crippen LogP contribution in [-0.4, -0.2) is 58.6 Å². The van der Waals surface area contributed by atoms with Gasteiger partial charge in [0.15, 0.2) is 12.6 Å². The van der Waals surface area contributed by atoms with E-state index in [-0.39, 0.29) is 24.4 Å². The highest BCUT2D eigenvalue weighted by Gasteiger charge is 2.50. The Hall–Kier alpha value is -1.02. The molecule has 0 spiro atoms. The predicted molar refractivity (Wildman–Crippen MR) is 77.3 cm³/mol. The van der Waals surface area contributed by atoms with Crippen molar-refractivity contribution in [1.29, 1.82) is 0 Å². The van der Waals surface area contributed by atoms with E-state index < -0.39 is 12.6 Å². The molecule has 2 aliphatic rings. The summed E-state index contributed by atoms with van der Waals surface area (Å²) in [7, 11) is 4.84. The number of rotatable bonds is 4. The largest absolute Gasteiger partial charge is 0.376 e. The lowest BCUT2D eigenvalue weighted by Gasteiger charge is -2.48. The average molecular weight is 310 g/mol. The van der Waals surface area contributed by atoms with Crippen LogP contribution in [0.3, 0.4) is 0 Å². The van der Waals surface area contributed by atoms with Gasteiger partial charge < -0.3 is 28.4 Å². The number of benzene rings is 1. The fourth-order valence-electron chi connectivity index (χ4n) is 3.03. The Kier molecular flexibility index (Phi) is 5.07. The Labute approximate surface area is 130 Å². The van der Waals surface area contributed by atoms with Gasteiger partial charge in [0.1, 0.15) is 24.4 Å². The van der Waals surface area contributed by atoms with Gasteiger partial charge in [-0.05, 0) is 0 Å². The molecule has 1 aromatic rings. The first-order chi connectivity index (χ1) is 10.8. The summed E-state index contributed by atoms with van der Waals surface area (Å²) < 4.78 is 34.2. The van der Waals surface area contributed by atoms with E-state index in [4.69, 9.17) is 28.4 Å². The van der Waals surface area contributed by atoms with Crippen LogP contribution in [0.15, 0.2) is 30.3 Å². The standard InChI is InChI=1S/C16H22O6/c1-17-13-12-11(21-16(19-3)14(13)18-2)9-20-15(22-12)10-7-5-4-6-8-10/h4-8,11-16H,9H2,1-3H3/t11?,12-,13+,14?,15?,16+/m1/s1. The molecule has 3 unspecified atom stereocenters. The van der Waals surface area contributed by atoms with Crippen molar-refractivity contribution in [3.8, 4) is 0 Å². The van der Waals surface area contributed by atoms with E-state index in [1.807, 2.05) is 30.3 Å². The maximum Gasteiger partial charge on any atom is 0.186 e. The minimum Gasteiger partial charge on any atom is -0.376 e. The van der Waals surface area contributed by atoms with Gasteiger partial charge in [0.2, 0.25) is 0 Å². The van der Waals surface area contributed by atoms with E-state index >= 15 is 0 Å². The smallest absolute Gasteiger partial charge is 0.186 e. The molecule has 6 atom stereocenters. The molecule has 122 valence electrons. The molecule has 22 heavy (non-hydrogen) atoms. The van der Waals surface area contributed by atoms with E-state index in [0.717, 1.165) is 5.56 Å². The van der Waals surface area contributed by atoms with E-state index in [9.17, 15) is 0 Å². The number of hydrogen-bond donors (Lipinski definition) is 0. The van der Waals surface area contributed by atoms with Crippen LogP contribution in [0.5, 0.6) is 0 Å². The molecule has 0 aromatic heterocycles. The molecule has 2 fully saturated rings. The molecular weight excluding hydrogens is 288 g/mol. The van der Waals surface area contributed by atoms with Crippen LogP contribution in [0.1, 0.15) is 11.9 Å². The molecule has 6 nitrogen and oxygen atoms in total. The van der Waals surface area contributed by atoms with Crippen LogP contribution in [0.25, 0.3) is 0 Å². The molecule has 2 heterocycles. The monoisotopic (exact) mass is 310 g/mol. The quantitative estimate of drug-likeness (QED) is 0.840. The lowest BCUT2D eigenvalue weighted by atomic mass is 9.97. The van der Waals surface area contributed by atoms with Crippen molar-refractivity contribution in [3.63, 3.8) is 0 Å². The van der Waals surface area contributed by atoms with Crippen molar-refractivity contribution in [2.45, 2.75) is 37.0 Å². The summed E-state index contributed by atoms with van der Waals surface area (Å²) in [6.07, 6.45) is -2.10. The number of ether oxygens (including phenoxy) is 6. The summed E-state index contributed by atoms with van der Waals surface area (Å²) >= 11 is 0. The Morgan fingerprint density at radius 2 is 1.64 bits per heavy atom. The van der Waals surface area contributed by atoms with Crippen LogP contribution in [0.4, 0.5) is 0 Å². The molecule has 0 N–H and O–H groups in total. The summed E-state index contributed by atoms with van der Waals surface area (Å²) in [4.78, 5) is 0. The van der Waals surface area contributed by atoms with Gasteiger partial charge in [0.05, 0.1) is 6.61 Å². The van der Waals surface area contributed by atoms with Crippen molar-refractivity contribution in [1.82, 2.24) is 0 Å². The Bertz CT molecular complexity index is 467. The fraction of sp³-hybridized carbons (Fsp3) is 0.625. The first kappa shape index (κ1) is 15.9. The van der Waals surface area contributed by atoms with E-state index in [1.54, 1.807) is 21.3 Å². The highest BCUT2D eigenvalue weighted by atomic mass is 16.8. The highest BCUT2D eigenvalue weighted by molar-refractivity contribution is 5.16. The normalized spacial score (nSPS) is 38.5. The fourth-order valence-corrected chi connectivity index (χ4v) is 3.03. The zero-order chi connectivity index (χ0) is 15.5. The lowest BCUT2D eigenvalue weighted by molar-refractivity contribution is -0.363. The molecule has 0 amide bonds. The molecule has 3 rings (SSSR count). The van der Waals surface area contributed by atoms with Gasteiger partial charge in [-0.3, -0.25) is 0 Å². The van der Waals surface area contributed by atoms with E-state index in [1.165, 1.54) is 0 Å². The third kappa shape index (κ3) is 2.90. The third-order valence-corrected chi connectivity index (χ3v) is 4.13. The van der Waals surface area contributed by atoms with Crippen molar-refractivity contribution in [2.24, 2.45) is 0 Å². The van der Waals surface area contributed by atoms with Crippen LogP contribution >= 0.6 is 0 Å². The molecule has 0 bridgehead atoms. The van der Waals surface area contributed by atoms with Crippen LogP contribution in [0.2, 0.25) is 0 Å². The molecule has 2 saturated heterocycles. The van der Waals surface area contributed by atoms with Gasteiger partial charge in [0.25, 0.3) is 0 Å². The van der Waals surface area contributed by atoms with Gasteiger partial charge in [-0.1, -0.05) is 30.3 Å². The third-order valence-electron chi connectivity index (χ3n) is 4.13. The lowest BCUT2D eigenvalue weighted by Crippen LogP contribution is -2.63. The maximum absolute atomic E-state index is 6.10. The SMILES string of the molecule is COC1[C@@H](OC)OC2COC(c3ccccc3)O[C@H]2[C@@H]1OC. The molecule has 1 aromatic carbocycles. The minimum absolute atomic E-state index is 0.249. The van der Waals surface area contributed by atoms with E-state index in [2.05, 4.69) is 0 Å². The zero-order valence-electron chi connectivity index (χ0n) is 13.0. The van der Waals surface area contributed by atoms with Crippen molar-refractivity contribution in [3.05, 3.63) is 35.9 Å². The predicted octanol–water partition coefficient (Wildman–Crippen LogP) is 1.50. The molecule has 0 aliphatic carbocycles. The first-order valence-electron chi connectivity index (χ1n) is 7.34. The minimum atomic E-state index is -0.503. The number of methoxy groups -OCH3 is 3. The van der Waals surface area contributed by atoms with Gasteiger partial charge in [-0.15, -0.1) is 0 Å². The van der Waals surface area contributed by atoms with Crippen LogP contribution in [0, 0.1) is 0 Å². The van der Waals surface area contributed by atoms with Crippen molar-refractivity contribution < 1.29 is 28.4 Å². The second kappa shape index (κ2) is 7.04. The second-order valence-corrected chi connectivity index (χ2v) is 5.36. The molecule has 0 radical (unpaired) electrons. The molecule has 2 aliphatic heterocycles. The number of hydrogen-bond acceptors (Lipinski definition) is 6.